The Morgan fingerprint density at radius 3 is 2.63 bits per heavy atom. The molecule has 1 aliphatic rings. The van der Waals surface area contributed by atoms with Gasteiger partial charge in [-0.2, -0.15) is 0 Å². The summed E-state index contributed by atoms with van der Waals surface area (Å²) in [6.07, 6.45) is -4.49. The summed E-state index contributed by atoms with van der Waals surface area (Å²) in [5, 5.41) is 5.46. The van der Waals surface area contributed by atoms with Gasteiger partial charge in [0.1, 0.15) is 0 Å². The predicted molar refractivity (Wildman–Crippen MR) is 62.7 cm³/mol. The summed E-state index contributed by atoms with van der Waals surface area (Å²) in [6.45, 7) is 1.52. The molecular weight excluding hydrogens is 261 g/mol. The second-order valence-corrected chi connectivity index (χ2v) is 4.32. The Morgan fingerprint density at radius 1 is 1.37 bits per heavy atom. The van der Waals surface area contributed by atoms with E-state index in [-0.39, 0.29) is 23.9 Å². The summed E-state index contributed by atoms with van der Waals surface area (Å²) in [7, 11) is 0. The fourth-order valence-electron chi connectivity index (χ4n) is 1.74. The van der Waals surface area contributed by atoms with Gasteiger partial charge in [-0.25, -0.2) is 0 Å². The van der Waals surface area contributed by atoms with Crippen LogP contribution in [0.4, 0.5) is 18.9 Å². The molecule has 2 rings (SSSR count). The van der Waals surface area contributed by atoms with E-state index in [1.807, 2.05) is 0 Å². The number of hydrogen-bond acceptors (Lipinski definition) is 3. The van der Waals surface area contributed by atoms with Crippen molar-refractivity contribution in [2.75, 3.05) is 18.4 Å². The zero-order valence-electron chi connectivity index (χ0n) is 9.96. The van der Waals surface area contributed by atoms with Crippen LogP contribution in [-0.4, -0.2) is 25.4 Å². The summed E-state index contributed by atoms with van der Waals surface area (Å²) in [5.74, 6) is -0.476. The van der Waals surface area contributed by atoms with Gasteiger partial charge in [-0.05, 0) is 31.1 Å². The summed E-state index contributed by atoms with van der Waals surface area (Å²) >= 11 is 0. The van der Waals surface area contributed by atoms with Gasteiger partial charge in [-0.3, -0.25) is 4.79 Å². The molecule has 1 heterocycles. The number of carbonyl (C=O) groups is 1. The summed E-state index contributed by atoms with van der Waals surface area (Å²) in [5.41, 5.74) is 0.0251. The molecule has 0 atom stereocenters. The number of alkyl halides is 3. The lowest BCUT2D eigenvalue weighted by molar-refractivity contribution is -0.274. The van der Waals surface area contributed by atoms with Crippen molar-refractivity contribution in [1.29, 1.82) is 0 Å². The Hall–Kier alpha value is -1.76. The van der Waals surface area contributed by atoms with Crippen molar-refractivity contribution in [3.05, 3.63) is 24.3 Å². The molecule has 7 heteroatoms. The number of hydrogen-bond donors (Lipinski definition) is 2. The van der Waals surface area contributed by atoms with E-state index in [1.54, 1.807) is 0 Å². The van der Waals surface area contributed by atoms with Gasteiger partial charge in [-0.15, -0.1) is 13.2 Å². The fourth-order valence-corrected chi connectivity index (χ4v) is 1.74. The molecule has 1 saturated heterocycles. The third-order valence-electron chi connectivity index (χ3n) is 2.73. The largest absolute Gasteiger partial charge is 0.573 e. The van der Waals surface area contributed by atoms with Crippen molar-refractivity contribution in [3.8, 4) is 5.75 Å². The number of amides is 1. The van der Waals surface area contributed by atoms with Gasteiger partial charge in [0.2, 0.25) is 5.91 Å². The van der Waals surface area contributed by atoms with Crippen LogP contribution in [0.15, 0.2) is 24.3 Å². The quantitative estimate of drug-likeness (QED) is 0.884. The molecule has 1 aliphatic heterocycles. The third-order valence-corrected chi connectivity index (χ3v) is 2.73. The lowest BCUT2D eigenvalue weighted by Crippen LogP contribution is -2.43. The van der Waals surface area contributed by atoms with Crippen LogP contribution in [0.1, 0.15) is 6.42 Å². The second kappa shape index (κ2) is 5.48. The summed E-state index contributed by atoms with van der Waals surface area (Å²) in [6, 6.07) is 5.47. The first-order valence-corrected chi connectivity index (χ1v) is 5.79. The van der Waals surface area contributed by atoms with Crippen LogP contribution in [0.5, 0.6) is 5.75 Å². The maximum absolute atomic E-state index is 12.2. The topological polar surface area (TPSA) is 50.4 Å². The monoisotopic (exact) mass is 274 g/mol. The molecule has 0 saturated carbocycles. The van der Waals surface area contributed by atoms with E-state index in [0.717, 1.165) is 19.2 Å². The zero-order chi connectivity index (χ0) is 13.9. The van der Waals surface area contributed by atoms with Crippen molar-refractivity contribution in [2.24, 2.45) is 5.92 Å². The molecule has 0 aromatic heterocycles. The highest BCUT2D eigenvalue weighted by Crippen LogP contribution is 2.30. The minimum atomic E-state index is -4.78. The molecule has 2 N–H and O–H groups in total. The Labute approximate surface area is 107 Å². The molecule has 4 nitrogen and oxygen atoms in total. The molecule has 19 heavy (non-hydrogen) atoms. The number of nitrogens with one attached hydrogen (secondary N) is 2. The Bertz CT molecular complexity index is 459. The Balaban J connectivity index is 2.00. The maximum atomic E-state index is 12.2. The minimum Gasteiger partial charge on any atom is -0.404 e. The molecule has 0 unspecified atom stereocenters. The van der Waals surface area contributed by atoms with Gasteiger partial charge in [0.15, 0.2) is 5.75 Å². The molecule has 0 bridgehead atoms. The standard InChI is InChI=1S/C12H13F3N2O2/c13-12(14,15)19-10-4-2-1-3-9(10)17-11(18)5-8-6-16-7-8/h1-4,8,16H,5-7H2,(H,17,18). The van der Waals surface area contributed by atoms with E-state index < -0.39 is 12.1 Å². The van der Waals surface area contributed by atoms with E-state index in [9.17, 15) is 18.0 Å². The second-order valence-electron chi connectivity index (χ2n) is 4.32. The lowest BCUT2D eigenvalue weighted by atomic mass is 9.99. The number of ether oxygens (including phenoxy) is 1. The van der Waals surface area contributed by atoms with Crippen molar-refractivity contribution in [1.82, 2.24) is 5.32 Å². The van der Waals surface area contributed by atoms with Crippen LogP contribution >= 0.6 is 0 Å². The first kappa shape index (κ1) is 13.7. The van der Waals surface area contributed by atoms with Crippen LogP contribution in [0.2, 0.25) is 0 Å². The van der Waals surface area contributed by atoms with E-state index in [1.165, 1.54) is 18.2 Å². The highest BCUT2D eigenvalue weighted by atomic mass is 19.4. The molecule has 1 fully saturated rings. The first-order chi connectivity index (χ1) is 8.94. The Morgan fingerprint density at radius 2 is 2.05 bits per heavy atom. The summed E-state index contributed by atoms with van der Waals surface area (Å²) in [4.78, 5) is 11.7. The van der Waals surface area contributed by atoms with Gasteiger partial charge >= 0.3 is 6.36 Å². The van der Waals surface area contributed by atoms with Crippen molar-refractivity contribution >= 4 is 11.6 Å². The van der Waals surface area contributed by atoms with Gasteiger partial charge in [-0.1, -0.05) is 12.1 Å². The van der Waals surface area contributed by atoms with Crippen LogP contribution in [0.25, 0.3) is 0 Å². The first-order valence-electron chi connectivity index (χ1n) is 5.79. The van der Waals surface area contributed by atoms with Crippen LogP contribution in [0.3, 0.4) is 0 Å². The average Bonchev–Trinajstić information content (AvgIpc) is 2.24. The average molecular weight is 274 g/mol. The number of carbonyl (C=O) groups excluding carboxylic acids is 1. The molecule has 0 spiro atoms. The van der Waals surface area contributed by atoms with Gasteiger partial charge in [0.25, 0.3) is 0 Å². The predicted octanol–water partition coefficient (Wildman–Crippen LogP) is 2.13. The van der Waals surface area contributed by atoms with Gasteiger partial charge < -0.3 is 15.4 Å². The SMILES string of the molecule is O=C(CC1CNC1)Nc1ccccc1OC(F)(F)F. The van der Waals surface area contributed by atoms with E-state index >= 15 is 0 Å². The van der Waals surface area contributed by atoms with Crippen molar-refractivity contribution in [2.45, 2.75) is 12.8 Å². The minimum absolute atomic E-state index is 0.0251. The van der Waals surface area contributed by atoms with E-state index in [2.05, 4.69) is 15.4 Å². The summed E-state index contributed by atoms with van der Waals surface area (Å²) < 4.78 is 40.4. The zero-order valence-corrected chi connectivity index (χ0v) is 9.96. The van der Waals surface area contributed by atoms with Crippen molar-refractivity contribution < 1.29 is 22.7 Å². The van der Waals surface area contributed by atoms with Crippen LogP contribution < -0.4 is 15.4 Å². The molecule has 1 amide bonds. The highest BCUT2D eigenvalue weighted by Gasteiger charge is 2.32. The third kappa shape index (κ3) is 4.13. The normalized spacial score (nSPS) is 15.7. The number of anilines is 1. The lowest BCUT2D eigenvalue weighted by Gasteiger charge is -2.26. The van der Waals surface area contributed by atoms with Gasteiger partial charge in [0, 0.05) is 6.42 Å². The number of benzene rings is 1. The van der Waals surface area contributed by atoms with E-state index in [4.69, 9.17) is 0 Å². The molecule has 104 valence electrons. The smallest absolute Gasteiger partial charge is 0.404 e. The number of halogens is 3. The van der Waals surface area contributed by atoms with Crippen LogP contribution in [0, 0.1) is 5.92 Å². The van der Waals surface area contributed by atoms with Gasteiger partial charge in [0.05, 0.1) is 5.69 Å². The molecule has 1 aromatic carbocycles. The maximum Gasteiger partial charge on any atom is 0.573 e. The number of para-hydroxylation sites is 2. The molecule has 1 aromatic rings. The van der Waals surface area contributed by atoms with Crippen molar-refractivity contribution in [3.63, 3.8) is 0 Å². The molecule has 0 aliphatic carbocycles. The van der Waals surface area contributed by atoms with Crippen LogP contribution in [-0.2, 0) is 4.79 Å². The molecular formula is C12H13F3N2O2. The Kier molecular flexibility index (Phi) is 3.94. The highest BCUT2D eigenvalue weighted by molar-refractivity contribution is 5.92. The number of rotatable bonds is 4. The van der Waals surface area contributed by atoms with E-state index in [0.29, 0.717) is 0 Å². The fraction of sp³-hybridized carbons (Fsp3) is 0.417. The molecule has 0 radical (unpaired) electrons.